The SMILES string of the molecule is CCN(CC(C)C)C(=O)c1cncc(C#CCN)c1. The monoisotopic (exact) mass is 259 g/mol. The predicted molar refractivity (Wildman–Crippen MR) is 76.6 cm³/mol. The van der Waals surface area contributed by atoms with E-state index in [1.165, 1.54) is 0 Å². The molecule has 0 atom stereocenters. The summed E-state index contributed by atoms with van der Waals surface area (Å²) >= 11 is 0. The number of amides is 1. The van der Waals surface area contributed by atoms with Crippen molar-refractivity contribution in [1.82, 2.24) is 9.88 Å². The van der Waals surface area contributed by atoms with E-state index in [2.05, 4.69) is 30.7 Å². The zero-order valence-electron chi connectivity index (χ0n) is 11.8. The summed E-state index contributed by atoms with van der Waals surface area (Å²) in [6, 6.07) is 1.76. The van der Waals surface area contributed by atoms with Gasteiger partial charge in [-0.1, -0.05) is 25.7 Å². The molecular formula is C15H21N3O. The Kier molecular flexibility index (Phi) is 6.04. The van der Waals surface area contributed by atoms with Crippen LogP contribution in [0.1, 0.15) is 36.7 Å². The molecule has 1 aromatic rings. The zero-order chi connectivity index (χ0) is 14.3. The number of hydrogen-bond donors (Lipinski definition) is 1. The molecule has 0 spiro atoms. The molecule has 0 aliphatic carbocycles. The highest BCUT2D eigenvalue weighted by molar-refractivity contribution is 5.94. The highest BCUT2D eigenvalue weighted by Crippen LogP contribution is 2.08. The van der Waals surface area contributed by atoms with Crippen LogP contribution in [0.4, 0.5) is 0 Å². The summed E-state index contributed by atoms with van der Waals surface area (Å²) in [5.41, 5.74) is 6.62. The van der Waals surface area contributed by atoms with Crippen molar-refractivity contribution >= 4 is 5.91 Å². The minimum absolute atomic E-state index is 0.0000912. The van der Waals surface area contributed by atoms with E-state index in [-0.39, 0.29) is 5.91 Å². The van der Waals surface area contributed by atoms with Gasteiger partial charge in [-0.2, -0.15) is 0 Å². The smallest absolute Gasteiger partial charge is 0.255 e. The lowest BCUT2D eigenvalue weighted by molar-refractivity contribution is 0.0745. The van der Waals surface area contributed by atoms with E-state index >= 15 is 0 Å². The van der Waals surface area contributed by atoms with Crippen molar-refractivity contribution in [2.45, 2.75) is 20.8 Å². The first-order valence-corrected chi connectivity index (χ1v) is 6.51. The highest BCUT2D eigenvalue weighted by atomic mass is 16.2. The Labute approximate surface area is 115 Å². The zero-order valence-corrected chi connectivity index (χ0v) is 11.8. The fourth-order valence-corrected chi connectivity index (χ4v) is 1.76. The standard InChI is InChI=1S/C15H21N3O/c1-4-18(11-12(2)3)15(19)14-8-13(6-5-7-16)9-17-10-14/h8-10,12H,4,7,11,16H2,1-3H3. The molecule has 0 unspecified atom stereocenters. The minimum atomic E-state index is 0.0000912. The molecule has 19 heavy (non-hydrogen) atoms. The van der Waals surface area contributed by atoms with Gasteiger partial charge in [0.15, 0.2) is 0 Å². The van der Waals surface area contributed by atoms with Crippen molar-refractivity contribution in [3.8, 4) is 11.8 Å². The number of nitrogens with two attached hydrogens (primary N) is 1. The van der Waals surface area contributed by atoms with Gasteiger partial charge in [0.25, 0.3) is 5.91 Å². The summed E-state index contributed by atoms with van der Waals surface area (Å²) in [5, 5.41) is 0. The number of pyridine rings is 1. The van der Waals surface area contributed by atoms with E-state index in [9.17, 15) is 4.79 Å². The van der Waals surface area contributed by atoms with Crippen molar-refractivity contribution in [1.29, 1.82) is 0 Å². The normalized spacial score (nSPS) is 9.95. The van der Waals surface area contributed by atoms with E-state index in [0.29, 0.717) is 24.6 Å². The Morgan fingerprint density at radius 2 is 2.21 bits per heavy atom. The largest absolute Gasteiger partial charge is 0.339 e. The van der Waals surface area contributed by atoms with Gasteiger partial charge in [0, 0.05) is 31.0 Å². The third-order valence-corrected chi connectivity index (χ3v) is 2.57. The van der Waals surface area contributed by atoms with Gasteiger partial charge < -0.3 is 10.6 Å². The van der Waals surface area contributed by atoms with Crippen LogP contribution in [0.25, 0.3) is 0 Å². The fourth-order valence-electron chi connectivity index (χ4n) is 1.76. The Hall–Kier alpha value is -1.86. The molecular weight excluding hydrogens is 238 g/mol. The molecule has 0 aliphatic rings. The van der Waals surface area contributed by atoms with Crippen LogP contribution in [0.3, 0.4) is 0 Å². The van der Waals surface area contributed by atoms with Crippen molar-refractivity contribution < 1.29 is 4.79 Å². The van der Waals surface area contributed by atoms with Crippen molar-refractivity contribution in [2.75, 3.05) is 19.6 Å². The topological polar surface area (TPSA) is 59.2 Å². The second kappa shape index (κ2) is 7.55. The number of carbonyl (C=O) groups excluding carboxylic acids is 1. The predicted octanol–water partition coefficient (Wildman–Crippen LogP) is 1.51. The molecule has 4 nitrogen and oxygen atoms in total. The summed E-state index contributed by atoms with van der Waals surface area (Å²) in [6.45, 7) is 7.90. The van der Waals surface area contributed by atoms with Gasteiger partial charge in [-0.25, -0.2) is 0 Å². The molecule has 0 bridgehead atoms. The lowest BCUT2D eigenvalue weighted by atomic mass is 10.1. The molecule has 0 aromatic carbocycles. The molecule has 0 fully saturated rings. The third-order valence-electron chi connectivity index (χ3n) is 2.57. The maximum absolute atomic E-state index is 12.4. The maximum Gasteiger partial charge on any atom is 0.255 e. The van der Waals surface area contributed by atoms with E-state index < -0.39 is 0 Å². The van der Waals surface area contributed by atoms with Crippen molar-refractivity contribution in [2.24, 2.45) is 11.7 Å². The van der Waals surface area contributed by atoms with Crippen molar-refractivity contribution in [3.63, 3.8) is 0 Å². The number of rotatable bonds is 4. The summed E-state index contributed by atoms with van der Waals surface area (Å²) in [6.07, 6.45) is 3.22. The van der Waals surface area contributed by atoms with Gasteiger partial charge >= 0.3 is 0 Å². The number of nitrogens with zero attached hydrogens (tertiary/aromatic N) is 2. The summed E-state index contributed by atoms with van der Waals surface area (Å²) in [5.74, 6) is 6.09. The average Bonchev–Trinajstić information content (AvgIpc) is 2.41. The quantitative estimate of drug-likeness (QED) is 0.834. The van der Waals surface area contributed by atoms with Gasteiger partial charge in [0.2, 0.25) is 0 Å². The molecule has 0 radical (unpaired) electrons. The molecule has 0 aliphatic heterocycles. The lowest BCUT2D eigenvalue weighted by Crippen LogP contribution is -2.34. The van der Waals surface area contributed by atoms with Gasteiger partial charge in [0.05, 0.1) is 12.1 Å². The van der Waals surface area contributed by atoms with Crippen LogP contribution < -0.4 is 5.73 Å². The summed E-state index contributed by atoms with van der Waals surface area (Å²) < 4.78 is 0. The van der Waals surface area contributed by atoms with E-state index in [1.54, 1.807) is 18.5 Å². The van der Waals surface area contributed by atoms with Crippen LogP contribution in [-0.2, 0) is 0 Å². The Balaban J connectivity index is 2.92. The molecule has 4 heteroatoms. The second-order valence-electron chi connectivity index (χ2n) is 4.71. The molecule has 1 aromatic heterocycles. The van der Waals surface area contributed by atoms with Gasteiger partial charge in [0.1, 0.15) is 0 Å². The number of aromatic nitrogens is 1. The first kappa shape index (κ1) is 15.2. The Morgan fingerprint density at radius 3 is 2.79 bits per heavy atom. The molecule has 1 rings (SSSR count). The number of hydrogen-bond acceptors (Lipinski definition) is 3. The van der Waals surface area contributed by atoms with Crippen LogP contribution in [0, 0.1) is 17.8 Å². The van der Waals surface area contributed by atoms with E-state index in [4.69, 9.17) is 5.73 Å². The summed E-state index contributed by atoms with van der Waals surface area (Å²) in [4.78, 5) is 18.2. The van der Waals surface area contributed by atoms with Crippen LogP contribution in [0.15, 0.2) is 18.5 Å². The average molecular weight is 259 g/mol. The van der Waals surface area contributed by atoms with Crippen LogP contribution >= 0.6 is 0 Å². The van der Waals surface area contributed by atoms with Crippen LogP contribution in [-0.4, -0.2) is 35.4 Å². The lowest BCUT2D eigenvalue weighted by Gasteiger charge is -2.22. The van der Waals surface area contributed by atoms with E-state index in [1.807, 2.05) is 11.8 Å². The maximum atomic E-state index is 12.4. The van der Waals surface area contributed by atoms with Gasteiger partial charge in [-0.15, -0.1) is 0 Å². The molecule has 0 saturated heterocycles. The third kappa shape index (κ3) is 4.72. The summed E-state index contributed by atoms with van der Waals surface area (Å²) in [7, 11) is 0. The van der Waals surface area contributed by atoms with Crippen molar-refractivity contribution in [3.05, 3.63) is 29.6 Å². The minimum Gasteiger partial charge on any atom is -0.339 e. The molecule has 2 N–H and O–H groups in total. The molecule has 102 valence electrons. The fraction of sp³-hybridized carbons (Fsp3) is 0.467. The van der Waals surface area contributed by atoms with Crippen LogP contribution in [0.2, 0.25) is 0 Å². The van der Waals surface area contributed by atoms with Gasteiger partial charge in [-0.3, -0.25) is 9.78 Å². The molecule has 0 saturated carbocycles. The number of carbonyl (C=O) groups is 1. The molecule has 1 heterocycles. The van der Waals surface area contributed by atoms with E-state index in [0.717, 1.165) is 12.1 Å². The van der Waals surface area contributed by atoms with Gasteiger partial charge in [-0.05, 0) is 18.9 Å². The Bertz CT molecular complexity index is 486. The van der Waals surface area contributed by atoms with Crippen LogP contribution in [0.5, 0.6) is 0 Å². The molecule has 1 amide bonds. The first-order valence-electron chi connectivity index (χ1n) is 6.51. The first-order chi connectivity index (χ1) is 9.08. The second-order valence-corrected chi connectivity index (χ2v) is 4.71. The highest BCUT2D eigenvalue weighted by Gasteiger charge is 2.15. The Morgan fingerprint density at radius 1 is 1.47 bits per heavy atom.